The number of nitrogens with zero attached hydrogens (tertiary/aromatic N) is 3. The third-order valence-corrected chi connectivity index (χ3v) is 8.09. The van der Waals surface area contributed by atoms with E-state index in [9.17, 15) is 8.78 Å². The van der Waals surface area contributed by atoms with Crippen molar-refractivity contribution in [2.24, 2.45) is 0 Å². The number of carbonyl (C=O) groups excluding carboxylic acids is 1. The topological polar surface area (TPSA) is 56.6 Å². The van der Waals surface area contributed by atoms with Crippen molar-refractivity contribution in [3.05, 3.63) is 68.1 Å². The normalized spacial score (nSPS) is 18.4. The predicted octanol–water partition coefficient (Wildman–Crippen LogP) is 5.86. The number of methoxy groups -OCH3 is 1. The zero-order chi connectivity index (χ0) is 25.9. The van der Waals surface area contributed by atoms with E-state index in [1.165, 1.54) is 24.3 Å². The summed E-state index contributed by atoms with van der Waals surface area (Å²) in [4.78, 5) is 11.7. The molecule has 194 valence electrons. The van der Waals surface area contributed by atoms with Crippen molar-refractivity contribution in [2.75, 3.05) is 26.8 Å². The number of aryl methyl sites for hydroxylation is 1. The van der Waals surface area contributed by atoms with E-state index in [0.29, 0.717) is 28.7 Å². The number of carbonyl (C=O) groups is 1. The summed E-state index contributed by atoms with van der Waals surface area (Å²) in [6, 6.07) is 9.48. The van der Waals surface area contributed by atoms with Crippen molar-refractivity contribution in [3.63, 3.8) is 0 Å². The zero-order valence-electron chi connectivity index (χ0n) is 20.6. The molecular formula is C26H30ClF2N3O3S. The second-order valence-electron chi connectivity index (χ2n) is 9.04. The minimum atomic E-state index is -2.98. The maximum atomic E-state index is 14.4. The summed E-state index contributed by atoms with van der Waals surface area (Å²) in [7, 11) is 1.68. The molecule has 10 heteroatoms. The standard InChI is InChI=1S/C24H26ClF2N3O2S.C2H4O/c1-16-18(13-30(28-16)20-6-4-3-5-17(20)14-31-2)12-29-9-7-23(8-10-29)22-19(11-21(25)33-22)24(26,27)15-32-23;1-2-3/h3-6,11,13H,7-10,12,14-15H2,1-2H3;2H,1H3. The van der Waals surface area contributed by atoms with E-state index in [1.807, 2.05) is 35.9 Å². The molecule has 0 saturated carbocycles. The molecule has 0 atom stereocenters. The van der Waals surface area contributed by atoms with Gasteiger partial charge in [-0.3, -0.25) is 4.90 Å². The van der Waals surface area contributed by atoms with Gasteiger partial charge in [0.15, 0.2) is 0 Å². The lowest BCUT2D eigenvalue weighted by molar-refractivity contribution is -0.182. The molecule has 1 spiro atoms. The maximum Gasteiger partial charge on any atom is 0.297 e. The monoisotopic (exact) mass is 537 g/mol. The fourth-order valence-corrected chi connectivity index (χ4v) is 6.29. The Kier molecular flexibility index (Phi) is 8.26. The van der Waals surface area contributed by atoms with Crippen LogP contribution < -0.4 is 0 Å². The molecule has 0 N–H and O–H groups in total. The highest BCUT2D eigenvalue weighted by molar-refractivity contribution is 7.16. The maximum absolute atomic E-state index is 14.4. The van der Waals surface area contributed by atoms with Gasteiger partial charge in [0.1, 0.15) is 18.5 Å². The lowest BCUT2D eigenvalue weighted by Gasteiger charge is -2.45. The Labute approximate surface area is 218 Å². The van der Waals surface area contributed by atoms with E-state index in [4.69, 9.17) is 31.0 Å². The van der Waals surface area contributed by atoms with Gasteiger partial charge in [-0.1, -0.05) is 29.8 Å². The molecule has 5 rings (SSSR count). The van der Waals surface area contributed by atoms with Crippen LogP contribution in [0.2, 0.25) is 4.34 Å². The molecule has 2 aliphatic rings. The van der Waals surface area contributed by atoms with Crippen LogP contribution in [0.5, 0.6) is 0 Å². The second-order valence-corrected chi connectivity index (χ2v) is 10.7. The lowest BCUT2D eigenvalue weighted by Crippen LogP contribution is -2.48. The van der Waals surface area contributed by atoms with Crippen molar-refractivity contribution in [1.29, 1.82) is 0 Å². The molecule has 0 radical (unpaired) electrons. The largest absolute Gasteiger partial charge is 0.380 e. The van der Waals surface area contributed by atoms with E-state index in [2.05, 4.69) is 11.1 Å². The number of thiophene rings is 1. The minimum Gasteiger partial charge on any atom is -0.380 e. The van der Waals surface area contributed by atoms with Gasteiger partial charge in [0, 0.05) is 54.5 Å². The van der Waals surface area contributed by atoms with Gasteiger partial charge < -0.3 is 14.3 Å². The van der Waals surface area contributed by atoms with Crippen LogP contribution in [0.15, 0.2) is 36.5 Å². The summed E-state index contributed by atoms with van der Waals surface area (Å²) in [5, 5.41) is 4.73. The third kappa shape index (κ3) is 5.40. The number of hydrogen-bond donors (Lipinski definition) is 0. The Morgan fingerprint density at radius 3 is 2.64 bits per heavy atom. The molecule has 0 aliphatic carbocycles. The second kappa shape index (κ2) is 11.1. The first-order valence-corrected chi connectivity index (χ1v) is 13.0. The van der Waals surface area contributed by atoms with Gasteiger partial charge in [-0.15, -0.1) is 11.3 Å². The van der Waals surface area contributed by atoms with Crippen molar-refractivity contribution >= 4 is 29.2 Å². The number of halogens is 3. The zero-order valence-corrected chi connectivity index (χ0v) is 22.2. The quantitative estimate of drug-likeness (QED) is 0.382. The average molecular weight is 538 g/mol. The van der Waals surface area contributed by atoms with E-state index < -0.39 is 18.1 Å². The molecule has 0 unspecified atom stereocenters. The van der Waals surface area contributed by atoms with Gasteiger partial charge in [-0.05, 0) is 38.8 Å². The summed E-state index contributed by atoms with van der Waals surface area (Å²) in [6.07, 6.45) is 4.15. The summed E-state index contributed by atoms with van der Waals surface area (Å²) >= 11 is 7.35. The summed E-state index contributed by atoms with van der Waals surface area (Å²) < 4.78 is 42.2. The number of fused-ring (bicyclic) bond motifs is 2. The molecule has 6 nitrogen and oxygen atoms in total. The number of benzene rings is 1. The molecular weight excluding hydrogens is 508 g/mol. The van der Waals surface area contributed by atoms with E-state index in [0.717, 1.165) is 48.4 Å². The summed E-state index contributed by atoms with van der Waals surface area (Å²) in [6.45, 7) is 5.66. The van der Waals surface area contributed by atoms with Gasteiger partial charge in [-0.25, -0.2) is 4.68 Å². The van der Waals surface area contributed by atoms with Crippen LogP contribution >= 0.6 is 22.9 Å². The van der Waals surface area contributed by atoms with Crippen LogP contribution in [-0.2, 0) is 38.9 Å². The van der Waals surface area contributed by atoms with Crippen molar-refractivity contribution in [2.45, 2.75) is 51.4 Å². The molecule has 2 aliphatic heterocycles. The van der Waals surface area contributed by atoms with Crippen LogP contribution in [0.1, 0.15) is 47.0 Å². The smallest absolute Gasteiger partial charge is 0.297 e. The molecule has 4 heterocycles. The fourth-order valence-electron chi connectivity index (χ4n) is 4.81. The Morgan fingerprint density at radius 2 is 1.94 bits per heavy atom. The van der Waals surface area contributed by atoms with Crippen LogP contribution in [-0.4, -0.2) is 47.8 Å². The van der Waals surface area contributed by atoms with Gasteiger partial charge in [0.2, 0.25) is 0 Å². The number of alkyl halides is 2. The third-order valence-electron chi connectivity index (χ3n) is 6.64. The number of aromatic nitrogens is 2. The van der Waals surface area contributed by atoms with E-state index >= 15 is 0 Å². The highest BCUT2D eigenvalue weighted by atomic mass is 35.5. The number of ether oxygens (including phenoxy) is 2. The minimum absolute atomic E-state index is 0.0454. The van der Waals surface area contributed by atoms with Crippen molar-refractivity contribution in [3.8, 4) is 5.69 Å². The van der Waals surface area contributed by atoms with Gasteiger partial charge in [0.05, 0.1) is 22.3 Å². The highest BCUT2D eigenvalue weighted by Crippen LogP contribution is 2.52. The van der Waals surface area contributed by atoms with Crippen molar-refractivity contribution < 1.29 is 23.0 Å². The molecule has 2 aromatic heterocycles. The van der Waals surface area contributed by atoms with Crippen LogP contribution in [0, 0.1) is 6.92 Å². The molecule has 0 bridgehead atoms. The number of likely N-dealkylation sites (tertiary alicyclic amines) is 1. The highest BCUT2D eigenvalue weighted by Gasteiger charge is 2.51. The van der Waals surface area contributed by atoms with Gasteiger partial charge in [-0.2, -0.15) is 13.9 Å². The number of hydrogen-bond acceptors (Lipinski definition) is 6. The average Bonchev–Trinajstić information content (AvgIpc) is 3.43. The van der Waals surface area contributed by atoms with Crippen molar-refractivity contribution in [1.82, 2.24) is 14.7 Å². The first kappa shape index (κ1) is 26.9. The van der Waals surface area contributed by atoms with E-state index in [1.54, 1.807) is 7.11 Å². The van der Waals surface area contributed by atoms with E-state index in [-0.39, 0.29) is 5.56 Å². The van der Waals surface area contributed by atoms with Gasteiger partial charge >= 0.3 is 0 Å². The summed E-state index contributed by atoms with van der Waals surface area (Å²) in [5.74, 6) is -2.98. The number of para-hydroxylation sites is 1. The molecule has 36 heavy (non-hydrogen) atoms. The fraction of sp³-hybridized carbons (Fsp3) is 0.462. The van der Waals surface area contributed by atoms with Gasteiger partial charge in [0.25, 0.3) is 5.92 Å². The molecule has 0 amide bonds. The molecule has 1 aromatic carbocycles. The number of rotatable bonds is 5. The Bertz CT molecular complexity index is 1210. The number of aldehydes is 1. The summed E-state index contributed by atoms with van der Waals surface area (Å²) in [5.41, 5.74) is 3.58. The SMILES string of the molecule is CC=O.COCc1ccccc1-n1cc(CN2CCC3(CC2)OCC(F)(F)c2cc(Cl)sc23)c(C)n1. The molecule has 3 aromatic rings. The Morgan fingerprint density at radius 1 is 1.25 bits per heavy atom. The Balaban J connectivity index is 0.000000967. The van der Waals surface area contributed by atoms with Crippen LogP contribution in [0.3, 0.4) is 0 Å². The lowest BCUT2D eigenvalue weighted by atomic mass is 9.84. The first-order chi connectivity index (χ1) is 17.2. The Hall–Kier alpha value is -2.17. The predicted molar refractivity (Wildman–Crippen MR) is 136 cm³/mol. The molecule has 1 saturated heterocycles. The first-order valence-electron chi connectivity index (χ1n) is 11.8. The van der Waals surface area contributed by atoms with Crippen LogP contribution in [0.25, 0.3) is 5.69 Å². The number of piperidine rings is 1. The molecule has 1 fully saturated rings. The van der Waals surface area contributed by atoms with Crippen LogP contribution in [0.4, 0.5) is 8.78 Å².